The van der Waals surface area contributed by atoms with Crippen LogP contribution in [0.1, 0.15) is 5.56 Å². The van der Waals surface area contributed by atoms with Crippen molar-refractivity contribution in [1.29, 1.82) is 0 Å². The molecule has 7 nitrogen and oxygen atoms in total. The first-order valence-electron chi connectivity index (χ1n) is 8.07. The minimum atomic E-state index is -0.620. The highest BCUT2D eigenvalue weighted by Crippen LogP contribution is 2.28. The molecule has 1 fully saturated rings. The van der Waals surface area contributed by atoms with Gasteiger partial charge >= 0.3 is 5.97 Å². The molecule has 148 valence electrons. The average Bonchev–Trinajstić information content (AvgIpc) is 3.00. The first kappa shape index (κ1) is 20.9. The number of nitrogens with one attached hydrogen (secondary N) is 1. The maximum Gasteiger partial charge on any atom is 0.331 e. The number of hydrogen-bond acceptors (Lipinski definition) is 7. The van der Waals surface area contributed by atoms with E-state index in [4.69, 9.17) is 27.9 Å². The van der Waals surface area contributed by atoms with Crippen LogP contribution in [0, 0.1) is 0 Å². The number of benzene rings is 2. The van der Waals surface area contributed by atoms with E-state index >= 15 is 0 Å². The van der Waals surface area contributed by atoms with Gasteiger partial charge in [-0.2, -0.15) is 5.10 Å². The van der Waals surface area contributed by atoms with E-state index in [1.54, 1.807) is 36.4 Å². The standard InChI is InChI=1S/C19H13Cl2N3O4S/c1-27-17(25)9-16-18(26)23-19(29-16)24-22-10-11-3-2-4-14(5-11)28-15-7-12(20)6-13(21)8-15/h2-10H,1H3,(H,23,24,26)/b16-9+,22-10?. The minimum absolute atomic E-state index is 0.182. The van der Waals surface area contributed by atoms with Crippen LogP contribution in [-0.2, 0) is 14.3 Å². The number of carbonyl (C=O) groups is 2. The van der Waals surface area contributed by atoms with Crippen LogP contribution in [-0.4, -0.2) is 30.4 Å². The number of hydrogen-bond donors (Lipinski definition) is 1. The molecule has 0 unspecified atom stereocenters. The Labute approximate surface area is 180 Å². The van der Waals surface area contributed by atoms with Crippen molar-refractivity contribution in [3.63, 3.8) is 0 Å². The van der Waals surface area contributed by atoms with Crippen molar-refractivity contribution in [3.8, 4) is 11.5 Å². The van der Waals surface area contributed by atoms with Gasteiger partial charge < -0.3 is 9.47 Å². The molecule has 29 heavy (non-hydrogen) atoms. The van der Waals surface area contributed by atoms with E-state index < -0.39 is 11.9 Å². The molecule has 10 heteroatoms. The second-order valence-corrected chi connectivity index (χ2v) is 7.42. The third-order valence-electron chi connectivity index (χ3n) is 3.39. The van der Waals surface area contributed by atoms with Crippen LogP contribution in [0.4, 0.5) is 0 Å². The van der Waals surface area contributed by atoms with Crippen molar-refractivity contribution < 1.29 is 19.1 Å². The lowest BCUT2D eigenvalue weighted by molar-refractivity contribution is -0.135. The predicted molar refractivity (Wildman–Crippen MR) is 114 cm³/mol. The van der Waals surface area contributed by atoms with Gasteiger partial charge in [-0.15, -0.1) is 5.10 Å². The fourth-order valence-electron chi connectivity index (χ4n) is 2.17. The van der Waals surface area contributed by atoms with E-state index in [-0.39, 0.29) is 10.1 Å². The van der Waals surface area contributed by atoms with Crippen molar-refractivity contribution in [2.24, 2.45) is 10.2 Å². The fourth-order valence-corrected chi connectivity index (χ4v) is 3.42. The summed E-state index contributed by atoms with van der Waals surface area (Å²) < 4.78 is 10.3. The SMILES string of the molecule is COC(=O)/C=C1/S/C(=N\N=Cc2cccc(Oc3cc(Cl)cc(Cl)c3)c2)NC1=O. The van der Waals surface area contributed by atoms with Crippen molar-refractivity contribution >= 4 is 58.2 Å². The fraction of sp³-hybridized carbons (Fsp3) is 0.0526. The topological polar surface area (TPSA) is 89.3 Å². The molecule has 2 aromatic rings. The molecular formula is C19H13Cl2N3O4S. The van der Waals surface area contributed by atoms with Crippen molar-refractivity contribution in [2.75, 3.05) is 7.11 Å². The maximum atomic E-state index is 11.8. The largest absolute Gasteiger partial charge is 0.466 e. The van der Waals surface area contributed by atoms with Gasteiger partial charge in [-0.3, -0.25) is 10.1 Å². The smallest absolute Gasteiger partial charge is 0.331 e. The molecule has 1 N–H and O–H groups in total. The zero-order chi connectivity index (χ0) is 20.8. The molecule has 0 saturated carbocycles. The van der Waals surface area contributed by atoms with E-state index in [0.29, 0.717) is 21.5 Å². The monoisotopic (exact) mass is 449 g/mol. The minimum Gasteiger partial charge on any atom is -0.466 e. The average molecular weight is 450 g/mol. The van der Waals surface area contributed by atoms with Crippen LogP contribution in [0.25, 0.3) is 0 Å². The van der Waals surface area contributed by atoms with Crippen LogP contribution in [0.3, 0.4) is 0 Å². The number of amides is 1. The van der Waals surface area contributed by atoms with Crippen molar-refractivity contribution in [3.05, 3.63) is 69.1 Å². The molecule has 1 aliphatic rings. The van der Waals surface area contributed by atoms with Crippen LogP contribution in [0.5, 0.6) is 11.5 Å². The number of nitrogens with zero attached hydrogens (tertiary/aromatic N) is 2. The molecule has 0 aliphatic carbocycles. The number of esters is 1. The van der Waals surface area contributed by atoms with Gasteiger partial charge in [0.2, 0.25) is 0 Å². The normalized spacial score (nSPS) is 16.4. The molecule has 1 aliphatic heterocycles. The second-order valence-electron chi connectivity index (χ2n) is 5.52. The lowest BCUT2D eigenvalue weighted by Gasteiger charge is -2.07. The van der Waals surface area contributed by atoms with E-state index in [1.165, 1.54) is 13.3 Å². The third kappa shape index (κ3) is 6.08. The summed E-state index contributed by atoms with van der Waals surface area (Å²) in [6, 6.07) is 12.0. The van der Waals surface area contributed by atoms with Gasteiger partial charge in [-0.05, 0) is 47.7 Å². The summed E-state index contributed by atoms with van der Waals surface area (Å²) in [6.45, 7) is 0. The zero-order valence-corrected chi connectivity index (χ0v) is 17.2. The number of carbonyl (C=O) groups excluding carboxylic acids is 2. The van der Waals surface area contributed by atoms with E-state index in [9.17, 15) is 9.59 Å². The maximum absolute atomic E-state index is 11.8. The highest BCUT2D eigenvalue weighted by molar-refractivity contribution is 8.18. The van der Waals surface area contributed by atoms with E-state index in [1.807, 2.05) is 6.07 Å². The Hall–Kier alpha value is -2.81. The van der Waals surface area contributed by atoms with Gasteiger partial charge in [0.15, 0.2) is 5.17 Å². The Bertz CT molecular complexity index is 1030. The molecule has 1 saturated heterocycles. The Morgan fingerprint density at radius 3 is 2.62 bits per heavy atom. The summed E-state index contributed by atoms with van der Waals surface area (Å²) in [7, 11) is 1.23. The summed E-state index contributed by atoms with van der Waals surface area (Å²) in [5.74, 6) is 0.00809. The predicted octanol–water partition coefficient (Wildman–Crippen LogP) is 4.40. The summed E-state index contributed by atoms with van der Waals surface area (Å²) in [5.41, 5.74) is 0.722. The first-order chi connectivity index (χ1) is 13.9. The lowest BCUT2D eigenvalue weighted by Crippen LogP contribution is -2.19. The van der Waals surface area contributed by atoms with E-state index in [0.717, 1.165) is 23.4 Å². The van der Waals surface area contributed by atoms with Gasteiger partial charge in [0.1, 0.15) is 11.5 Å². The first-order valence-corrected chi connectivity index (χ1v) is 9.64. The number of amidine groups is 1. The summed E-state index contributed by atoms with van der Waals surface area (Å²) in [4.78, 5) is 23.2. The van der Waals surface area contributed by atoms with E-state index in [2.05, 4.69) is 20.3 Å². The Kier molecular flexibility index (Phi) is 6.92. The van der Waals surface area contributed by atoms with Crippen LogP contribution in [0.15, 0.2) is 63.6 Å². The summed E-state index contributed by atoms with van der Waals surface area (Å²) in [5, 5.41) is 11.6. The lowest BCUT2D eigenvalue weighted by atomic mass is 10.2. The Balaban J connectivity index is 1.68. The number of halogens is 2. The molecule has 2 aromatic carbocycles. The van der Waals surface area contributed by atoms with Crippen LogP contribution >= 0.6 is 35.0 Å². The summed E-state index contributed by atoms with van der Waals surface area (Å²) >= 11 is 12.9. The molecule has 0 spiro atoms. The van der Waals surface area contributed by atoms with Crippen LogP contribution in [0.2, 0.25) is 10.0 Å². The van der Waals surface area contributed by atoms with Gasteiger partial charge in [0.05, 0.1) is 18.2 Å². The van der Waals surface area contributed by atoms with Gasteiger partial charge in [0, 0.05) is 16.1 Å². The molecule has 1 heterocycles. The number of methoxy groups -OCH3 is 1. The third-order valence-corrected chi connectivity index (χ3v) is 4.72. The highest BCUT2D eigenvalue weighted by Gasteiger charge is 2.24. The summed E-state index contributed by atoms with van der Waals surface area (Å²) in [6.07, 6.45) is 2.59. The van der Waals surface area contributed by atoms with Crippen LogP contribution < -0.4 is 10.1 Å². The zero-order valence-electron chi connectivity index (χ0n) is 14.9. The van der Waals surface area contributed by atoms with Crippen molar-refractivity contribution in [2.45, 2.75) is 0 Å². The number of ether oxygens (including phenoxy) is 2. The van der Waals surface area contributed by atoms with Gasteiger partial charge in [-0.1, -0.05) is 35.3 Å². The number of thioether (sulfide) groups is 1. The highest BCUT2D eigenvalue weighted by atomic mass is 35.5. The van der Waals surface area contributed by atoms with Crippen molar-refractivity contribution in [1.82, 2.24) is 5.32 Å². The van der Waals surface area contributed by atoms with Gasteiger partial charge in [-0.25, -0.2) is 4.79 Å². The Morgan fingerprint density at radius 2 is 1.90 bits per heavy atom. The molecule has 1 amide bonds. The Morgan fingerprint density at radius 1 is 1.14 bits per heavy atom. The second kappa shape index (κ2) is 9.60. The molecule has 0 aromatic heterocycles. The molecule has 0 atom stereocenters. The number of rotatable bonds is 5. The molecule has 3 rings (SSSR count). The molecular weight excluding hydrogens is 437 g/mol. The quantitative estimate of drug-likeness (QED) is 0.316. The molecule has 0 bridgehead atoms. The van der Waals surface area contributed by atoms with Gasteiger partial charge in [0.25, 0.3) is 5.91 Å². The molecule has 0 radical (unpaired) electrons.